The Balaban J connectivity index is 2.43. The van der Waals surface area contributed by atoms with Gasteiger partial charge in [-0.3, -0.25) is 0 Å². The van der Waals surface area contributed by atoms with Crippen molar-refractivity contribution in [3.05, 3.63) is 18.3 Å². The number of hydrogen-bond donors (Lipinski definition) is 1. The summed E-state index contributed by atoms with van der Waals surface area (Å²) in [6.45, 7) is 5.48. The average Bonchev–Trinajstić information content (AvgIpc) is 2.18. The summed E-state index contributed by atoms with van der Waals surface area (Å²) in [5.74, 6) is 1.73. The van der Waals surface area contributed by atoms with Crippen LogP contribution in [0, 0.1) is 5.92 Å². The maximum Gasteiger partial charge on any atom is 0.128 e. The van der Waals surface area contributed by atoms with Crippen LogP contribution in [0.1, 0.15) is 20.3 Å². The normalized spacial score (nSPS) is 10.5. The van der Waals surface area contributed by atoms with E-state index in [0.29, 0.717) is 0 Å². The molecule has 0 saturated carbocycles. The van der Waals surface area contributed by atoms with Crippen molar-refractivity contribution in [3.8, 4) is 0 Å². The molecule has 0 unspecified atom stereocenters. The summed E-state index contributed by atoms with van der Waals surface area (Å²) in [5.41, 5.74) is 1.10. The smallest absolute Gasteiger partial charge is 0.128 e. The van der Waals surface area contributed by atoms with Crippen LogP contribution in [0.15, 0.2) is 18.3 Å². The molecule has 1 aromatic rings. The van der Waals surface area contributed by atoms with Gasteiger partial charge < -0.3 is 10.2 Å². The molecular weight excluding hydrogens is 186 g/mol. The quantitative estimate of drug-likeness (QED) is 0.804. The summed E-state index contributed by atoms with van der Waals surface area (Å²) in [4.78, 5) is 6.34. The third kappa shape index (κ3) is 4.19. The second-order valence-electron chi connectivity index (χ2n) is 4.41. The molecule has 0 aliphatic heterocycles. The van der Waals surface area contributed by atoms with E-state index in [1.807, 2.05) is 31.3 Å². The van der Waals surface area contributed by atoms with E-state index < -0.39 is 0 Å². The third-order valence-electron chi connectivity index (χ3n) is 2.26. The number of pyridine rings is 1. The van der Waals surface area contributed by atoms with Gasteiger partial charge in [0, 0.05) is 20.6 Å². The molecule has 3 heteroatoms. The van der Waals surface area contributed by atoms with Gasteiger partial charge in [-0.05, 0) is 24.5 Å². The maximum atomic E-state index is 4.34. The van der Waals surface area contributed by atoms with Gasteiger partial charge in [-0.15, -0.1) is 0 Å². The van der Waals surface area contributed by atoms with Crippen molar-refractivity contribution in [3.63, 3.8) is 0 Å². The monoisotopic (exact) mass is 207 g/mol. The van der Waals surface area contributed by atoms with Crippen molar-refractivity contribution in [2.45, 2.75) is 20.3 Å². The molecule has 0 aromatic carbocycles. The summed E-state index contributed by atoms with van der Waals surface area (Å²) in [6.07, 6.45) is 3.07. The van der Waals surface area contributed by atoms with Crippen LogP contribution >= 0.6 is 0 Å². The molecular formula is C12H21N3. The van der Waals surface area contributed by atoms with Crippen molar-refractivity contribution in [2.75, 3.05) is 30.9 Å². The molecule has 0 spiro atoms. The Labute approximate surface area is 92.5 Å². The lowest BCUT2D eigenvalue weighted by atomic mass is 10.1. The maximum absolute atomic E-state index is 4.34. The molecule has 0 radical (unpaired) electrons. The summed E-state index contributed by atoms with van der Waals surface area (Å²) in [6, 6.07) is 4.10. The molecule has 15 heavy (non-hydrogen) atoms. The first-order chi connectivity index (χ1) is 7.09. The predicted molar refractivity (Wildman–Crippen MR) is 66.5 cm³/mol. The van der Waals surface area contributed by atoms with Crippen LogP contribution in [0.2, 0.25) is 0 Å². The van der Waals surface area contributed by atoms with E-state index in [4.69, 9.17) is 0 Å². The number of nitrogens with one attached hydrogen (secondary N) is 1. The molecule has 0 atom stereocenters. The van der Waals surface area contributed by atoms with Crippen molar-refractivity contribution >= 4 is 11.5 Å². The van der Waals surface area contributed by atoms with Crippen molar-refractivity contribution in [1.82, 2.24) is 4.98 Å². The van der Waals surface area contributed by atoms with Crippen LogP contribution in [0.5, 0.6) is 0 Å². The second kappa shape index (κ2) is 5.59. The molecule has 1 N–H and O–H groups in total. The van der Waals surface area contributed by atoms with Gasteiger partial charge >= 0.3 is 0 Å². The number of nitrogens with zero attached hydrogens (tertiary/aromatic N) is 2. The van der Waals surface area contributed by atoms with E-state index in [0.717, 1.165) is 24.0 Å². The fourth-order valence-corrected chi connectivity index (χ4v) is 1.26. The van der Waals surface area contributed by atoms with Crippen LogP contribution in [0.3, 0.4) is 0 Å². The van der Waals surface area contributed by atoms with E-state index in [-0.39, 0.29) is 0 Å². The van der Waals surface area contributed by atoms with Crippen LogP contribution < -0.4 is 10.2 Å². The molecule has 0 amide bonds. The molecule has 3 nitrogen and oxygen atoms in total. The molecule has 84 valence electrons. The lowest BCUT2D eigenvalue weighted by Crippen LogP contribution is -2.11. The number of aromatic nitrogens is 1. The van der Waals surface area contributed by atoms with Gasteiger partial charge in [-0.2, -0.15) is 0 Å². The molecule has 1 heterocycles. The van der Waals surface area contributed by atoms with Crippen molar-refractivity contribution < 1.29 is 0 Å². The Kier molecular flexibility index (Phi) is 4.40. The van der Waals surface area contributed by atoms with E-state index >= 15 is 0 Å². The zero-order valence-electron chi connectivity index (χ0n) is 10.1. The van der Waals surface area contributed by atoms with Gasteiger partial charge in [0.05, 0.1) is 11.9 Å². The molecule has 0 bridgehead atoms. The topological polar surface area (TPSA) is 28.2 Å². The molecule has 0 saturated heterocycles. The van der Waals surface area contributed by atoms with E-state index in [1.165, 1.54) is 6.42 Å². The molecule has 1 aromatic heterocycles. The molecule has 0 fully saturated rings. The highest BCUT2D eigenvalue weighted by Gasteiger charge is 1.97. The average molecular weight is 207 g/mol. The van der Waals surface area contributed by atoms with Gasteiger partial charge in [0.2, 0.25) is 0 Å². The Hall–Kier alpha value is -1.25. The molecule has 0 aliphatic rings. The minimum Gasteiger partial charge on any atom is -0.384 e. The van der Waals surface area contributed by atoms with Crippen LogP contribution in [-0.4, -0.2) is 25.6 Å². The fraction of sp³-hybridized carbons (Fsp3) is 0.583. The first kappa shape index (κ1) is 11.8. The van der Waals surface area contributed by atoms with Gasteiger partial charge in [-0.1, -0.05) is 13.8 Å². The minimum absolute atomic E-state index is 0.742. The first-order valence-corrected chi connectivity index (χ1v) is 5.47. The van der Waals surface area contributed by atoms with Crippen LogP contribution in [0.4, 0.5) is 11.5 Å². The summed E-state index contributed by atoms with van der Waals surface area (Å²) in [5, 5.41) is 3.36. The van der Waals surface area contributed by atoms with Crippen LogP contribution in [0.25, 0.3) is 0 Å². The van der Waals surface area contributed by atoms with Crippen molar-refractivity contribution in [1.29, 1.82) is 0 Å². The zero-order valence-corrected chi connectivity index (χ0v) is 10.1. The van der Waals surface area contributed by atoms with Gasteiger partial charge in [0.15, 0.2) is 0 Å². The van der Waals surface area contributed by atoms with E-state index in [2.05, 4.69) is 30.2 Å². The van der Waals surface area contributed by atoms with Gasteiger partial charge in [-0.25, -0.2) is 4.98 Å². The standard InChI is InChI=1S/C12H21N3/c1-10(2)7-8-13-11-5-6-12(14-9-11)15(3)4/h5-6,9-10,13H,7-8H2,1-4H3. The SMILES string of the molecule is CC(C)CCNc1ccc(N(C)C)nc1. The molecule has 1 rings (SSSR count). The molecule has 0 aliphatic carbocycles. The highest BCUT2D eigenvalue weighted by molar-refractivity contribution is 5.47. The fourth-order valence-electron chi connectivity index (χ4n) is 1.26. The zero-order chi connectivity index (χ0) is 11.3. The van der Waals surface area contributed by atoms with Crippen molar-refractivity contribution in [2.24, 2.45) is 5.92 Å². The number of rotatable bonds is 5. The van der Waals surface area contributed by atoms with Crippen LogP contribution in [-0.2, 0) is 0 Å². The Bertz CT molecular complexity index is 277. The Morgan fingerprint density at radius 2 is 2.07 bits per heavy atom. The van der Waals surface area contributed by atoms with Gasteiger partial charge in [0.1, 0.15) is 5.82 Å². The second-order valence-corrected chi connectivity index (χ2v) is 4.41. The van der Waals surface area contributed by atoms with E-state index in [1.54, 1.807) is 0 Å². The third-order valence-corrected chi connectivity index (χ3v) is 2.26. The Morgan fingerprint density at radius 1 is 1.33 bits per heavy atom. The summed E-state index contributed by atoms with van der Waals surface area (Å²) >= 11 is 0. The van der Waals surface area contributed by atoms with Gasteiger partial charge in [0.25, 0.3) is 0 Å². The lowest BCUT2D eigenvalue weighted by Gasteiger charge is -2.12. The summed E-state index contributed by atoms with van der Waals surface area (Å²) < 4.78 is 0. The largest absolute Gasteiger partial charge is 0.384 e. The lowest BCUT2D eigenvalue weighted by molar-refractivity contribution is 0.607. The number of hydrogen-bond acceptors (Lipinski definition) is 3. The number of anilines is 2. The highest BCUT2D eigenvalue weighted by Crippen LogP contribution is 2.11. The first-order valence-electron chi connectivity index (χ1n) is 5.47. The summed E-state index contributed by atoms with van der Waals surface area (Å²) in [7, 11) is 3.99. The highest BCUT2D eigenvalue weighted by atomic mass is 15.1. The minimum atomic E-state index is 0.742. The Morgan fingerprint density at radius 3 is 2.53 bits per heavy atom. The predicted octanol–water partition coefficient (Wildman–Crippen LogP) is 2.61. The van der Waals surface area contributed by atoms with E-state index in [9.17, 15) is 0 Å².